The highest BCUT2D eigenvalue weighted by Crippen LogP contribution is 2.31. The van der Waals surface area contributed by atoms with Crippen molar-refractivity contribution in [3.05, 3.63) is 33.4 Å². The maximum atomic E-state index is 13.1. The lowest BCUT2D eigenvalue weighted by Crippen LogP contribution is -2.37. The van der Waals surface area contributed by atoms with Crippen LogP contribution in [0.25, 0.3) is 0 Å². The van der Waals surface area contributed by atoms with Crippen LogP contribution in [0.3, 0.4) is 0 Å². The summed E-state index contributed by atoms with van der Waals surface area (Å²) in [6.45, 7) is 3.76. The summed E-state index contributed by atoms with van der Waals surface area (Å²) in [5.41, 5.74) is 0.918. The molecule has 0 aliphatic carbocycles. The quantitative estimate of drug-likeness (QED) is 0.571. The number of carboxylic acids is 1. The molecular formula is C17H25N3O6S. The van der Waals surface area contributed by atoms with E-state index in [0.717, 1.165) is 0 Å². The summed E-state index contributed by atoms with van der Waals surface area (Å²) in [4.78, 5) is 23.0. The van der Waals surface area contributed by atoms with Gasteiger partial charge in [-0.15, -0.1) is 0 Å². The fourth-order valence-corrected chi connectivity index (χ4v) is 5.06. The minimum Gasteiger partial charge on any atom is -0.480 e. The number of rotatable bonds is 6. The summed E-state index contributed by atoms with van der Waals surface area (Å²) in [6, 6.07) is 2.61. The molecule has 0 aromatic heterocycles. The number of aryl methyl sites for hydroxylation is 2. The Morgan fingerprint density at radius 3 is 2.52 bits per heavy atom. The van der Waals surface area contributed by atoms with Crippen LogP contribution in [0.15, 0.2) is 17.0 Å². The molecule has 1 unspecified atom stereocenters. The Morgan fingerprint density at radius 2 is 1.93 bits per heavy atom. The number of nitrogens with zero attached hydrogens (tertiary/aromatic N) is 3. The molecule has 1 saturated heterocycles. The third-order valence-corrected chi connectivity index (χ3v) is 6.98. The molecule has 27 heavy (non-hydrogen) atoms. The van der Waals surface area contributed by atoms with Crippen LogP contribution in [-0.2, 0) is 14.8 Å². The fourth-order valence-electron chi connectivity index (χ4n) is 3.34. The van der Waals surface area contributed by atoms with Crippen LogP contribution in [0.4, 0.5) is 5.69 Å². The molecule has 1 fully saturated rings. The average molecular weight is 399 g/mol. The third kappa shape index (κ3) is 4.82. The number of likely N-dealkylation sites (N-methyl/N-ethyl adjacent to an activating group) is 1. The number of nitro groups is 1. The van der Waals surface area contributed by atoms with E-state index in [-0.39, 0.29) is 30.6 Å². The standard InChI is InChI=1S/C17H25N3O6S/c1-12-9-15(20(23)24)16(10-13(12)2)27(25,26)19-7-4-5-14(6-8-19)18(3)11-17(21)22/h9-10,14H,4-8,11H2,1-3H3,(H,21,22). The molecule has 1 atom stereocenters. The zero-order chi connectivity index (χ0) is 20.4. The fraction of sp³-hybridized carbons (Fsp3) is 0.588. The summed E-state index contributed by atoms with van der Waals surface area (Å²) in [6.07, 6.45) is 1.71. The number of nitro benzene ring substituents is 1. The Balaban J connectivity index is 2.29. The monoisotopic (exact) mass is 399 g/mol. The molecular weight excluding hydrogens is 374 g/mol. The molecule has 1 heterocycles. The number of sulfonamides is 1. The third-order valence-electron chi connectivity index (χ3n) is 5.05. The smallest absolute Gasteiger partial charge is 0.317 e. The predicted octanol–water partition coefficient (Wildman–Crippen LogP) is 1.77. The summed E-state index contributed by atoms with van der Waals surface area (Å²) in [7, 11) is -2.31. The highest BCUT2D eigenvalue weighted by molar-refractivity contribution is 7.89. The van der Waals surface area contributed by atoms with E-state index in [1.807, 2.05) is 0 Å². The number of hydrogen-bond donors (Lipinski definition) is 1. The Labute approximate surface area is 158 Å². The van der Waals surface area contributed by atoms with E-state index in [2.05, 4.69) is 0 Å². The highest BCUT2D eigenvalue weighted by Gasteiger charge is 2.34. The molecule has 0 saturated carbocycles. The van der Waals surface area contributed by atoms with E-state index >= 15 is 0 Å². The van der Waals surface area contributed by atoms with E-state index in [0.29, 0.717) is 30.4 Å². The second kappa shape index (κ2) is 8.32. The molecule has 9 nitrogen and oxygen atoms in total. The molecule has 2 rings (SSSR count). The largest absolute Gasteiger partial charge is 0.480 e. The van der Waals surface area contributed by atoms with Gasteiger partial charge in [0, 0.05) is 25.2 Å². The summed E-state index contributed by atoms with van der Waals surface area (Å²) < 4.78 is 27.5. The zero-order valence-corrected chi connectivity index (χ0v) is 16.5. The van der Waals surface area contributed by atoms with Crippen molar-refractivity contribution in [2.24, 2.45) is 0 Å². The second-order valence-electron chi connectivity index (χ2n) is 6.96. The summed E-state index contributed by atoms with van der Waals surface area (Å²) >= 11 is 0. The van der Waals surface area contributed by atoms with Crippen LogP contribution in [0, 0.1) is 24.0 Å². The number of hydrogen-bond acceptors (Lipinski definition) is 6. The van der Waals surface area contributed by atoms with Gasteiger partial charge in [0.05, 0.1) is 11.5 Å². The number of carbonyl (C=O) groups is 1. The van der Waals surface area contributed by atoms with Gasteiger partial charge in [0.15, 0.2) is 4.90 Å². The van der Waals surface area contributed by atoms with Crippen molar-refractivity contribution in [2.75, 3.05) is 26.7 Å². The Kier molecular flexibility index (Phi) is 6.55. The number of benzene rings is 1. The minimum atomic E-state index is -4.02. The molecule has 1 aliphatic heterocycles. The van der Waals surface area contributed by atoms with Crippen LogP contribution in [-0.4, -0.2) is 66.3 Å². The van der Waals surface area contributed by atoms with E-state index < -0.39 is 26.6 Å². The molecule has 1 N–H and O–H groups in total. The second-order valence-corrected chi connectivity index (χ2v) is 8.87. The maximum Gasteiger partial charge on any atom is 0.317 e. The van der Waals surface area contributed by atoms with Crippen LogP contribution < -0.4 is 0 Å². The van der Waals surface area contributed by atoms with Crippen LogP contribution in [0.5, 0.6) is 0 Å². The van der Waals surface area contributed by atoms with Crippen molar-refractivity contribution in [1.82, 2.24) is 9.21 Å². The van der Waals surface area contributed by atoms with Crippen molar-refractivity contribution in [3.8, 4) is 0 Å². The molecule has 0 spiro atoms. The number of carboxylic acid groups (broad SMARTS) is 1. The van der Waals surface area contributed by atoms with Gasteiger partial charge in [0.2, 0.25) is 10.0 Å². The average Bonchev–Trinajstić information content (AvgIpc) is 2.82. The molecule has 0 amide bonds. The molecule has 0 bridgehead atoms. The highest BCUT2D eigenvalue weighted by atomic mass is 32.2. The first-order valence-corrected chi connectivity index (χ1v) is 10.2. The number of aliphatic carboxylic acids is 1. The topological polar surface area (TPSA) is 121 Å². The summed E-state index contributed by atoms with van der Waals surface area (Å²) in [5, 5.41) is 20.3. The van der Waals surface area contributed by atoms with E-state index in [9.17, 15) is 23.3 Å². The SMILES string of the molecule is Cc1cc([N+](=O)[O-])c(S(=O)(=O)N2CCCC(N(C)CC(=O)O)CC2)cc1C. The van der Waals surface area contributed by atoms with Gasteiger partial charge in [0.1, 0.15) is 0 Å². The molecule has 1 aliphatic rings. The van der Waals surface area contributed by atoms with Crippen LogP contribution in [0.1, 0.15) is 30.4 Å². The predicted molar refractivity (Wildman–Crippen MR) is 99.2 cm³/mol. The van der Waals surface area contributed by atoms with Gasteiger partial charge < -0.3 is 5.11 Å². The Hall–Kier alpha value is -2.04. The van der Waals surface area contributed by atoms with Gasteiger partial charge in [-0.05, 0) is 57.4 Å². The normalized spacial score (nSPS) is 19.0. The molecule has 1 aromatic carbocycles. The Bertz CT molecular complexity index is 839. The molecule has 10 heteroatoms. The minimum absolute atomic E-state index is 0.0453. The van der Waals surface area contributed by atoms with Gasteiger partial charge >= 0.3 is 5.97 Å². The van der Waals surface area contributed by atoms with Crippen molar-refractivity contribution in [2.45, 2.75) is 44.0 Å². The zero-order valence-electron chi connectivity index (χ0n) is 15.7. The van der Waals surface area contributed by atoms with Gasteiger partial charge in [-0.1, -0.05) is 0 Å². The first-order valence-electron chi connectivity index (χ1n) is 8.72. The van der Waals surface area contributed by atoms with Crippen molar-refractivity contribution in [1.29, 1.82) is 0 Å². The van der Waals surface area contributed by atoms with Crippen molar-refractivity contribution in [3.63, 3.8) is 0 Å². The van der Waals surface area contributed by atoms with E-state index in [1.165, 1.54) is 16.4 Å². The van der Waals surface area contributed by atoms with E-state index in [4.69, 9.17) is 5.11 Å². The first kappa shape index (κ1) is 21.3. The van der Waals surface area contributed by atoms with Crippen molar-refractivity contribution >= 4 is 21.7 Å². The van der Waals surface area contributed by atoms with Gasteiger partial charge in [-0.2, -0.15) is 4.31 Å². The molecule has 1 aromatic rings. The van der Waals surface area contributed by atoms with Crippen LogP contribution in [0.2, 0.25) is 0 Å². The van der Waals surface area contributed by atoms with Crippen molar-refractivity contribution < 1.29 is 23.2 Å². The van der Waals surface area contributed by atoms with Gasteiger partial charge in [-0.25, -0.2) is 8.42 Å². The first-order chi connectivity index (χ1) is 12.5. The lowest BCUT2D eigenvalue weighted by molar-refractivity contribution is -0.387. The Morgan fingerprint density at radius 1 is 1.30 bits per heavy atom. The summed E-state index contributed by atoms with van der Waals surface area (Å²) in [5.74, 6) is -0.933. The van der Waals surface area contributed by atoms with Crippen LogP contribution >= 0.6 is 0 Å². The lowest BCUT2D eigenvalue weighted by atomic mass is 10.1. The lowest BCUT2D eigenvalue weighted by Gasteiger charge is -2.25. The molecule has 150 valence electrons. The van der Waals surface area contributed by atoms with Gasteiger partial charge in [0.25, 0.3) is 5.69 Å². The molecule has 0 radical (unpaired) electrons. The maximum absolute atomic E-state index is 13.1. The van der Waals surface area contributed by atoms with E-state index in [1.54, 1.807) is 25.8 Å². The van der Waals surface area contributed by atoms with Gasteiger partial charge in [-0.3, -0.25) is 19.8 Å².